The molecule has 34 heavy (non-hydrogen) atoms. The number of hydrogen-bond donors (Lipinski definition) is 1. The minimum atomic E-state index is -0.843. The third-order valence-electron chi connectivity index (χ3n) is 6.73. The zero-order chi connectivity index (χ0) is 24.6. The molecular formula is C26H31FN4O3. The zero-order valence-corrected chi connectivity index (χ0v) is 20.1. The van der Waals surface area contributed by atoms with Gasteiger partial charge in [0.05, 0.1) is 11.6 Å². The molecule has 0 aliphatic heterocycles. The summed E-state index contributed by atoms with van der Waals surface area (Å²) in [6, 6.07) is 8.40. The molecule has 1 aliphatic carbocycles. The number of aryl methyl sites for hydroxylation is 1. The number of rotatable bonds is 9. The van der Waals surface area contributed by atoms with Gasteiger partial charge in [-0.15, -0.1) is 0 Å². The van der Waals surface area contributed by atoms with Crippen LogP contribution in [-0.4, -0.2) is 49.1 Å². The Kier molecular flexibility index (Phi) is 6.68. The number of nitrogens with zero attached hydrogens (tertiary/aromatic N) is 4. The maximum absolute atomic E-state index is 15.0. The molecule has 2 unspecified atom stereocenters. The Labute approximate surface area is 198 Å². The number of halogens is 1. The topological polar surface area (TPSA) is 87.8 Å². The van der Waals surface area contributed by atoms with E-state index in [4.69, 9.17) is 5.11 Å². The van der Waals surface area contributed by atoms with Gasteiger partial charge in [0.15, 0.2) is 5.65 Å². The molecule has 0 radical (unpaired) electrons. The Morgan fingerprint density at radius 2 is 2.00 bits per heavy atom. The molecule has 1 fully saturated rings. The third-order valence-corrected chi connectivity index (χ3v) is 6.73. The van der Waals surface area contributed by atoms with Crippen LogP contribution in [0.25, 0.3) is 16.9 Å². The summed E-state index contributed by atoms with van der Waals surface area (Å²) in [6.45, 7) is 8.69. The van der Waals surface area contributed by atoms with E-state index < -0.39 is 17.7 Å². The maximum Gasteiger partial charge on any atom is 0.307 e. The van der Waals surface area contributed by atoms with Crippen LogP contribution in [0.4, 0.5) is 4.39 Å². The van der Waals surface area contributed by atoms with Gasteiger partial charge in [0, 0.05) is 29.9 Å². The first kappa shape index (κ1) is 23.9. The molecule has 8 heteroatoms. The molecule has 1 saturated carbocycles. The van der Waals surface area contributed by atoms with Crippen molar-refractivity contribution in [3.05, 3.63) is 53.1 Å². The van der Waals surface area contributed by atoms with Crippen molar-refractivity contribution >= 4 is 17.5 Å². The summed E-state index contributed by atoms with van der Waals surface area (Å²) >= 11 is 0. The first-order valence-corrected chi connectivity index (χ1v) is 12.0. The number of carbonyl (C=O) groups excluding carboxylic acids is 1. The van der Waals surface area contributed by atoms with Gasteiger partial charge in [-0.05, 0) is 62.8 Å². The molecule has 0 bridgehead atoms. The normalized spacial score (nSPS) is 18.1. The highest BCUT2D eigenvalue weighted by molar-refractivity contribution is 5.93. The summed E-state index contributed by atoms with van der Waals surface area (Å²) in [5.74, 6) is -1.98. The molecule has 0 spiro atoms. The number of aromatic nitrogens is 3. The van der Waals surface area contributed by atoms with Gasteiger partial charge in [0.2, 0.25) is 0 Å². The molecule has 7 nitrogen and oxygen atoms in total. The summed E-state index contributed by atoms with van der Waals surface area (Å²) in [6.07, 6.45) is 3.08. The molecular weight excluding hydrogens is 435 g/mol. The van der Waals surface area contributed by atoms with E-state index in [2.05, 4.69) is 17.0 Å². The Bertz CT molecular complexity index is 1240. The Morgan fingerprint density at radius 1 is 1.24 bits per heavy atom. The summed E-state index contributed by atoms with van der Waals surface area (Å²) in [5, 5.41) is 13.7. The van der Waals surface area contributed by atoms with Crippen LogP contribution >= 0.6 is 0 Å². The molecule has 1 aliphatic rings. The highest BCUT2D eigenvalue weighted by atomic mass is 19.1. The molecule has 3 atom stereocenters. The average molecular weight is 467 g/mol. The lowest BCUT2D eigenvalue weighted by atomic mass is 10.0. The number of benzene rings is 1. The molecule has 180 valence electrons. The zero-order valence-electron chi connectivity index (χ0n) is 20.1. The maximum atomic E-state index is 15.0. The number of fused-ring (bicyclic) bond motifs is 1. The molecule has 0 saturated heterocycles. The van der Waals surface area contributed by atoms with Crippen LogP contribution in [0.2, 0.25) is 0 Å². The van der Waals surface area contributed by atoms with Crippen LogP contribution in [0.5, 0.6) is 0 Å². The van der Waals surface area contributed by atoms with E-state index in [-0.39, 0.29) is 17.9 Å². The lowest BCUT2D eigenvalue weighted by Gasteiger charge is -2.27. The molecule has 1 aromatic carbocycles. The van der Waals surface area contributed by atoms with Crippen molar-refractivity contribution in [2.45, 2.75) is 65.3 Å². The number of carboxylic acid groups (broad SMARTS) is 1. The van der Waals surface area contributed by atoms with Crippen LogP contribution in [-0.2, 0) is 11.2 Å². The van der Waals surface area contributed by atoms with Crippen molar-refractivity contribution in [3.63, 3.8) is 0 Å². The van der Waals surface area contributed by atoms with Crippen molar-refractivity contribution in [2.24, 2.45) is 5.92 Å². The van der Waals surface area contributed by atoms with E-state index in [1.807, 2.05) is 25.7 Å². The van der Waals surface area contributed by atoms with E-state index in [1.54, 1.807) is 28.8 Å². The van der Waals surface area contributed by atoms with Gasteiger partial charge in [0.1, 0.15) is 11.5 Å². The second-order valence-corrected chi connectivity index (χ2v) is 9.04. The molecule has 3 aromatic rings. The van der Waals surface area contributed by atoms with E-state index in [1.165, 1.54) is 6.07 Å². The van der Waals surface area contributed by atoms with Gasteiger partial charge in [-0.25, -0.2) is 13.9 Å². The van der Waals surface area contributed by atoms with E-state index in [0.717, 1.165) is 18.5 Å². The van der Waals surface area contributed by atoms with Crippen LogP contribution in [0.3, 0.4) is 0 Å². The summed E-state index contributed by atoms with van der Waals surface area (Å²) < 4.78 is 16.7. The van der Waals surface area contributed by atoms with Crippen molar-refractivity contribution in [3.8, 4) is 11.3 Å². The second-order valence-electron chi connectivity index (χ2n) is 9.04. The second kappa shape index (κ2) is 9.52. The smallest absolute Gasteiger partial charge is 0.307 e. The van der Waals surface area contributed by atoms with E-state index in [9.17, 15) is 9.59 Å². The summed E-state index contributed by atoms with van der Waals surface area (Å²) in [7, 11) is 0. The highest BCUT2D eigenvalue weighted by Crippen LogP contribution is 2.48. The fourth-order valence-corrected chi connectivity index (χ4v) is 4.71. The van der Waals surface area contributed by atoms with Crippen molar-refractivity contribution in [2.75, 3.05) is 6.54 Å². The largest absolute Gasteiger partial charge is 0.481 e. The Hall–Kier alpha value is -3.29. The van der Waals surface area contributed by atoms with Crippen LogP contribution in [0, 0.1) is 11.7 Å². The van der Waals surface area contributed by atoms with Crippen molar-refractivity contribution < 1.29 is 19.1 Å². The fourth-order valence-electron chi connectivity index (χ4n) is 4.71. The predicted molar refractivity (Wildman–Crippen MR) is 127 cm³/mol. The monoisotopic (exact) mass is 466 g/mol. The van der Waals surface area contributed by atoms with Crippen LogP contribution < -0.4 is 0 Å². The fraction of sp³-hybridized carbons (Fsp3) is 0.462. The molecule has 4 rings (SSSR count). The average Bonchev–Trinajstić information content (AvgIpc) is 3.51. The van der Waals surface area contributed by atoms with Gasteiger partial charge >= 0.3 is 5.97 Å². The van der Waals surface area contributed by atoms with Crippen LogP contribution in [0.1, 0.15) is 74.6 Å². The minimum Gasteiger partial charge on any atom is -0.481 e. The third kappa shape index (κ3) is 4.41. The SMILES string of the molecule is CCCC(C)N(CC)C(=O)c1cc(CC)n2nc(-c3ccc(C4C[C@H]4C(=O)O)cc3F)cc2n1. The first-order chi connectivity index (χ1) is 16.3. The van der Waals surface area contributed by atoms with Crippen molar-refractivity contribution in [1.29, 1.82) is 0 Å². The summed E-state index contributed by atoms with van der Waals surface area (Å²) in [5.41, 5.74) is 3.12. The van der Waals surface area contributed by atoms with E-state index in [0.29, 0.717) is 47.5 Å². The highest BCUT2D eigenvalue weighted by Gasteiger charge is 2.44. The Morgan fingerprint density at radius 3 is 2.59 bits per heavy atom. The molecule has 2 heterocycles. The van der Waals surface area contributed by atoms with Gasteiger partial charge in [0.25, 0.3) is 5.91 Å². The first-order valence-electron chi connectivity index (χ1n) is 12.0. The standard InChI is InChI=1S/C26H31FN4O3/c1-5-8-15(4)30(7-3)25(32)23-12-17(6-2)31-24(28-23)14-22(29-31)18-10-9-16(11-21(18)27)19-13-20(19)26(33)34/h9-12,14-15,19-20H,5-8,13H2,1-4H3,(H,33,34)/t15?,19?,20-/m1/s1. The molecule has 1 N–H and O–H groups in total. The van der Waals surface area contributed by atoms with E-state index >= 15 is 4.39 Å². The number of carboxylic acids is 1. The number of hydrogen-bond acceptors (Lipinski definition) is 4. The Balaban J connectivity index is 1.68. The quantitative estimate of drug-likeness (QED) is 0.483. The van der Waals surface area contributed by atoms with Gasteiger partial charge in [-0.2, -0.15) is 5.10 Å². The molecule has 1 amide bonds. The minimum absolute atomic E-state index is 0.114. The lowest BCUT2D eigenvalue weighted by Crippen LogP contribution is -2.39. The lowest BCUT2D eigenvalue weighted by molar-refractivity contribution is -0.138. The number of carbonyl (C=O) groups is 2. The number of aliphatic carboxylic acids is 1. The number of amides is 1. The van der Waals surface area contributed by atoms with Crippen LogP contribution in [0.15, 0.2) is 30.3 Å². The van der Waals surface area contributed by atoms with Gasteiger partial charge < -0.3 is 10.0 Å². The predicted octanol–water partition coefficient (Wildman–Crippen LogP) is 4.94. The van der Waals surface area contributed by atoms with Gasteiger partial charge in [-0.1, -0.05) is 26.3 Å². The molecule has 2 aromatic heterocycles. The summed E-state index contributed by atoms with van der Waals surface area (Å²) in [4.78, 5) is 30.8. The van der Waals surface area contributed by atoms with Gasteiger partial charge in [-0.3, -0.25) is 9.59 Å². The van der Waals surface area contributed by atoms with Crippen molar-refractivity contribution in [1.82, 2.24) is 19.5 Å².